The number of para-hydroxylation sites is 2. The molecule has 1 saturated heterocycles. The second kappa shape index (κ2) is 7.38. The third-order valence-corrected chi connectivity index (χ3v) is 5.52. The maximum Gasteiger partial charge on any atom is 0.150 e. The summed E-state index contributed by atoms with van der Waals surface area (Å²) < 4.78 is 51.9. The lowest BCUT2D eigenvalue weighted by Gasteiger charge is -2.26. The lowest BCUT2D eigenvalue weighted by atomic mass is 10.2. The second-order valence-electron chi connectivity index (χ2n) is 6.14. The molecule has 2 aliphatic heterocycles. The van der Waals surface area contributed by atoms with Gasteiger partial charge in [-0.25, -0.2) is 13.2 Å². The number of fused-ring (bicyclic) bond motifs is 1. The highest BCUT2D eigenvalue weighted by atomic mass is 32.2. The van der Waals surface area contributed by atoms with Gasteiger partial charge >= 0.3 is 0 Å². The molecule has 0 unspecified atom stereocenters. The Morgan fingerprint density at radius 3 is 2.42 bits per heavy atom. The van der Waals surface area contributed by atoms with Crippen molar-refractivity contribution in [2.24, 2.45) is 0 Å². The summed E-state index contributed by atoms with van der Waals surface area (Å²) in [6, 6.07) is 8.28. The fourth-order valence-electron chi connectivity index (χ4n) is 3.15. The van der Waals surface area contributed by atoms with Crippen molar-refractivity contribution in [3.05, 3.63) is 53.8 Å². The summed E-state index contributed by atoms with van der Waals surface area (Å²) in [6.07, 6.45) is 0.796. The molecule has 4 nitrogen and oxygen atoms in total. The molecule has 0 amide bonds. The first-order valence-corrected chi connectivity index (χ1v) is 9.19. The van der Waals surface area contributed by atoms with E-state index in [2.05, 4.69) is 5.32 Å². The summed E-state index contributed by atoms with van der Waals surface area (Å²) in [4.78, 5) is 0. The lowest BCUT2D eigenvalue weighted by Crippen LogP contribution is -2.39. The molecule has 8 heteroatoms. The molecule has 138 valence electrons. The van der Waals surface area contributed by atoms with Gasteiger partial charge in [-0.1, -0.05) is 12.1 Å². The normalized spacial score (nSPS) is 19.7. The molecule has 2 aliphatic rings. The zero-order chi connectivity index (χ0) is 18.1. The van der Waals surface area contributed by atoms with Crippen LogP contribution in [0.25, 0.3) is 0 Å². The zero-order valence-electron chi connectivity index (χ0n) is 13.9. The number of morpholine rings is 1. The lowest BCUT2D eigenvalue weighted by molar-refractivity contribution is 0.0254. The van der Waals surface area contributed by atoms with Gasteiger partial charge in [-0.15, -0.1) is 0 Å². The van der Waals surface area contributed by atoms with E-state index in [0.717, 1.165) is 31.6 Å². The highest BCUT2D eigenvalue weighted by Gasteiger charge is 2.34. The fourth-order valence-corrected chi connectivity index (χ4v) is 4.29. The van der Waals surface area contributed by atoms with Crippen LogP contribution >= 0.6 is 12.1 Å². The molecule has 0 bridgehead atoms. The number of hydrogen-bond donors (Lipinski definition) is 1. The van der Waals surface area contributed by atoms with Crippen molar-refractivity contribution in [2.45, 2.75) is 12.5 Å². The van der Waals surface area contributed by atoms with E-state index in [1.54, 1.807) is 12.1 Å². The highest BCUT2D eigenvalue weighted by molar-refractivity contribution is 8.02. The van der Waals surface area contributed by atoms with Crippen molar-refractivity contribution in [3.8, 4) is 0 Å². The van der Waals surface area contributed by atoms with Crippen LogP contribution in [0.5, 0.6) is 0 Å². The Morgan fingerprint density at radius 1 is 1.04 bits per heavy atom. The SMILES string of the molecule is Fc1cccc(F)c1N1SN(CC[C@H]2CNCCO2)c2cccc(F)c21. The quantitative estimate of drug-likeness (QED) is 0.808. The summed E-state index contributed by atoms with van der Waals surface area (Å²) in [6.45, 7) is 2.83. The van der Waals surface area contributed by atoms with Crippen LogP contribution in [0.15, 0.2) is 36.4 Å². The number of benzene rings is 2. The maximum absolute atomic E-state index is 14.5. The Kier molecular flexibility index (Phi) is 4.97. The minimum atomic E-state index is -0.728. The highest BCUT2D eigenvalue weighted by Crippen LogP contribution is 2.51. The number of nitrogens with zero attached hydrogens (tertiary/aromatic N) is 2. The summed E-state index contributed by atoms with van der Waals surface area (Å²) in [5.74, 6) is -1.97. The summed E-state index contributed by atoms with van der Waals surface area (Å²) in [5.41, 5.74) is 0.507. The van der Waals surface area contributed by atoms with Crippen molar-refractivity contribution in [2.75, 3.05) is 34.9 Å². The maximum atomic E-state index is 14.5. The van der Waals surface area contributed by atoms with E-state index >= 15 is 0 Å². The molecule has 0 saturated carbocycles. The first-order valence-electron chi connectivity index (χ1n) is 8.46. The first kappa shape index (κ1) is 17.5. The molecule has 0 spiro atoms. The summed E-state index contributed by atoms with van der Waals surface area (Å²) >= 11 is 1.09. The van der Waals surface area contributed by atoms with Gasteiger partial charge in [-0.05, 0) is 30.7 Å². The molecular weight excluding hydrogens is 363 g/mol. The van der Waals surface area contributed by atoms with Crippen molar-refractivity contribution < 1.29 is 17.9 Å². The Balaban J connectivity index is 1.62. The van der Waals surface area contributed by atoms with E-state index in [1.807, 2.05) is 4.31 Å². The number of nitrogens with one attached hydrogen (secondary N) is 1. The van der Waals surface area contributed by atoms with Crippen LogP contribution in [0.2, 0.25) is 0 Å². The number of hydrogen-bond acceptors (Lipinski definition) is 5. The monoisotopic (exact) mass is 381 g/mol. The standard InChI is InChI=1S/C18H18F3N3OS/c19-13-3-1-4-14(20)17(13)24-18-15(21)5-2-6-16(18)23(26-24)9-7-12-11-22-8-10-25-12/h1-6,12,22H,7-11H2/t12-/m0/s1. The van der Waals surface area contributed by atoms with E-state index in [1.165, 1.54) is 28.6 Å². The van der Waals surface area contributed by atoms with Gasteiger partial charge in [0.2, 0.25) is 0 Å². The molecule has 2 heterocycles. The average Bonchev–Trinajstić information content (AvgIpc) is 3.01. The zero-order valence-corrected chi connectivity index (χ0v) is 14.7. The molecule has 26 heavy (non-hydrogen) atoms. The van der Waals surface area contributed by atoms with E-state index in [-0.39, 0.29) is 17.5 Å². The van der Waals surface area contributed by atoms with Crippen LogP contribution in [0.3, 0.4) is 0 Å². The van der Waals surface area contributed by atoms with Crippen LogP contribution < -0.4 is 13.9 Å². The van der Waals surface area contributed by atoms with Gasteiger partial charge in [0, 0.05) is 19.6 Å². The van der Waals surface area contributed by atoms with E-state index in [9.17, 15) is 13.2 Å². The largest absolute Gasteiger partial charge is 0.376 e. The molecule has 2 aromatic carbocycles. The van der Waals surface area contributed by atoms with Crippen molar-refractivity contribution in [1.82, 2.24) is 5.32 Å². The van der Waals surface area contributed by atoms with Crippen LogP contribution in [-0.2, 0) is 4.74 Å². The molecule has 1 N–H and O–H groups in total. The summed E-state index contributed by atoms with van der Waals surface area (Å²) in [5, 5.41) is 3.27. The van der Waals surface area contributed by atoms with Gasteiger partial charge in [-0.3, -0.25) is 8.61 Å². The third kappa shape index (κ3) is 3.24. The van der Waals surface area contributed by atoms with Crippen molar-refractivity contribution in [1.29, 1.82) is 0 Å². The van der Waals surface area contributed by atoms with Crippen molar-refractivity contribution in [3.63, 3.8) is 0 Å². The van der Waals surface area contributed by atoms with Crippen LogP contribution in [0, 0.1) is 17.5 Å². The van der Waals surface area contributed by atoms with E-state index in [4.69, 9.17) is 4.74 Å². The van der Waals surface area contributed by atoms with Crippen LogP contribution in [-0.4, -0.2) is 32.3 Å². The number of halogens is 3. The van der Waals surface area contributed by atoms with Gasteiger partial charge < -0.3 is 10.1 Å². The smallest absolute Gasteiger partial charge is 0.150 e. The molecule has 0 aromatic heterocycles. The van der Waals surface area contributed by atoms with Gasteiger partial charge in [0.15, 0.2) is 11.6 Å². The molecule has 2 aromatic rings. The van der Waals surface area contributed by atoms with Gasteiger partial charge in [0.1, 0.15) is 17.2 Å². The topological polar surface area (TPSA) is 27.7 Å². The first-order chi connectivity index (χ1) is 12.6. The number of anilines is 3. The minimum Gasteiger partial charge on any atom is -0.376 e. The predicted octanol–water partition coefficient (Wildman–Crippen LogP) is 4.00. The third-order valence-electron chi connectivity index (χ3n) is 4.42. The molecule has 0 aliphatic carbocycles. The second-order valence-corrected chi connectivity index (χ2v) is 7.11. The van der Waals surface area contributed by atoms with Crippen LogP contribution in [0.1, 0.15) is 6.42 Å². The average molecular weight is 381 g/mol. The predicted molar refractivity (Wildman–Crippen MR) is 97.1 cm³/mol. The molecule has 1 fully saturated rings. The Hall–Kier alpha value is -1.90. The molecule has 0 radical (unpaired) electrons. The Bertz CT molecular complexity index is 781. The Morgan fingerprint density at radius 2 is 1.73 bits per heavy atom. The van der Waals surface area contributed by atoms with Gasteiger partial charge in [0.25, 0.3) is 0 Å². The van der Waals surface area contributed by atoms with E-state index in [0.29, 0.717) is 18.8 Å². The number of rotatable bonds is 4. The number of ether oxygens (including phenoxy) is 1. The summed E-state index contributed by atoms with van der Waals surface area (Å²) in [7, 11) is 0. The molecular formula is C18H18F3N3OS. The molecule has 1 atom stereocenters. The van der Waals surface area contributed by atoms with Crippen LogP contribution in [0.4, 0.5) is 30.2 Å². The minimum absolute atomic E-state index is 0.0700. The van der Waals surface area contributed by atoms with Crippen molar-refractivity contribution >= 4 is 29.2 Å². The Labute approximate surface area is 154 Å². The van der Waals surface area contributed by atoms with Gasteiger partial charge in [0.05, 0.1) is 30.5 Å². The fraction of sp³-hybridized carbons (Fsp3) is 0.333. The van der Waals surface area contributed by atoms with Gasteiger partial charge in [-0.2, -0.15) is 0 Å². The van der Waals surface area contributed by atoms with E-state index < -0.39 is 17.5 Å². The molecule has 4 rings (SSSR count).